The minimum atomic E-state index is -1.11. The lowest BCUT2D eigenvalue weighted by atomic mass is 9.76. The van der Waals surface area contributed by atoms with Gasteiger partial charge in [0, 0.05) is 24.3 Å². The van der Waals surface area contributed by atoms with Crippen molar-refractivity contribution in [3.8, 4) is 17.2 Å². The number of carbonyl (C=O) groups is 2. The van der Waals surface area contributed by atoms with Gasteiger partial charge in [0.15, 0.2) is 0 Å². The van der Waals surface area contributed by atoms with Gasteiger partial charge in [-0.1, -0.05) is 50.3 Å². The third kappa shape index (κ3) is 6.23. The van der Waals surface area contributed by atoms with E-state index in [1.54, 1.807) is 27.0 Å². The van der Waals surface area contributed by atoms with Gasteiger partial charge in [0.25, 0.3) is 0 Å². The number of hydrogen-bond donors (Lipinski definition) is 2. The highest BCUT2D eigenvalue weighted by molar-refractivity contribution is 5.98. The van der Waals surface area contributed by atoms with Gasteiger partial charge in [0.1, 0.15) is 29.1 Å². The van der Waals surface area contributed by atoms with Gasteiger partial charge in [-0.25, -0.2) is 4.79 Å². The third-order valence-electron chi connectivity index (χ3n) is 9.95. The molecule has 2 aromatic rings. The fourth-order valence-electron chi connectivity index (χ4n) is 7.36. The van der Waals surface area contributed by atoms with Gasteiger partial charge in [-0.2, -0.15) is 0 Å². The molecule has 0 amide bonds. The van der Waals surface area contributed by atoms with Crippen LogP contribution >= 0.6 is 0 Å². The number of esters is 1. The summed E-state index contributed by atoms with van der Waals surface area (Å²) in [7, 11) is 1.58. The Hall–Kier alpha value is -3.95. The van der Waals surface area contributed by atoms with Crippen molar-refractivity contribution in [1.29, 1.82) is 0 Å². The first-order valence-electron chi connectivity index (χ1n) is 16.9. The molecule has 0 saturated heterocycles. The Kier molecular flexibility index (Phi) is 9.58. The number of unbranched alkanes of at least 4 members (excludes halogenated alkanes) is 3. The van der Waals surface area contributed by atoms with Crippen LogP contribution in [-0.2, 0) is 27.4 Å². The van der Waals surface area contributed by atoms with Crippen molar-refractivity contribution in [2.45, 2.75) is 103 Å². The van der Waals surface area contributed by atoms with Crippen molar-refractivity contribution in [3.05, 3.63) is 68.4 Å². The molecule has 0 spiro atoms. The summed E-state index contributed by atoms with van der Waals surface area (Å²) in [4.78, 5) is 31.0. The highest BCUT2D eigenvalue weighted by Gasteiger charge is 2.44. The molecule has 0 bridgehead atoms. The van der Waals surface area contributed by atoms with Gasteiger partial charge in [-0.15, -0.1) is 0 Å². The molecule has 0 aromatic heterocycles. The van der Waals surface area contributed by atoms with E-state index < -0.39 is 24.3 Å². The highest BCUT2D eigenvalue weighted by Crippen LogP contribution is 2.55. The third-order valence-corrected chi connectivity index (χ3v) is 9.95. The number of rotatable bonds is 11. The van der Waals surface area contributed by atoms with Crippen molar-refractivity contribution in [3.63, 3.8) is 0 Å². The van der Waals surface area contributed by atoms with E-state index in [1.807, 2.05) is 12.1 Å². The van der Waals surface area contributed by atoms with E-state index in [0.717, 1.165) is 58.5 Å². The number of allylic oxidation sites excluding steroid dienone is 3. The molecule has 3 aliphatic heterocycles. The second-order valence-corrected chi connectivity index (χ2v) is 13.1. The Morgan fingerprint density at radius 2 is 1.96 bits per heavy atom. The molecule has 1 aliphatic carbocycles. The first-order chi connectivity index (χ1) is 22.7. The zero-order chi connectivity index (χ0) is 33.3. The Morgan fingerprint density at radius 3 is 2.70 bits per heavy atom. The lowest BCUT2D eigenvalue weighted by Gasteiger charge is -2.30. The van der Waals surface area contributed by atoms with Crippen LogP contribution in [0.4, 0.5) is 0 Å². The largest absolute Gasteiger partial charge is 0.496 e. The van der Waals surface area contributed by atoms with E-state index in [-0.39, 0.29) is 29.8 Å². The van der Waals surface area contributed by atoms with Gasteiger partial charge in [0.2, 0.25) is 5.76 Å². The van der Waals surface area contributed by atoms with Crippen LogP contribution in [-0.4, -0.2) is 53.9 Å². The van der Waals surface area contributed by atoms with Gasteiger partial charge < -0.3 is 29.2 Å². The predicted molar refractivity (Wildman–Crippen MR) is 177 cm³/mol. The highest BCUT2D eigenvalue weighted by atomic mass is 16.6. The predicted octanol–water partition coefficient (Wildman–Crippen LogP) is 4.76. The number of carbonyl (C=O) groups excluding carboxylic acids is 2. The molecule has 47 heavy (non-hydrogen) atoms. The minimum Gasteiger partial charge on any atom is -0.496 e. The zero-order valence-electron chi connectivity index (χ0n) is 27.8. The van der Waals surface area contributed by atoms with Crippen LogP contribution in [0.3, 0.4) is 0 Å². The van der Waals surface area contributed by atoms with Crippen molar-refractivity contribution < 1.29 is 38.7 Å². The molecule has 2 aromatic carbocycles. The van der Waals surface area contributed by atoms with E-state index in [4.69, 9.17) is 18.9 Å². The summed E-state index contributed by atoms with van der Waals surface area (Å²) in [6, 6.07) is 6.02. The van der Waals surface area contributed by atoms with Crippen LogP contribution in [0.1, 0.15) is 100 Å². The van der Waals surface area contributed by atoms with E-state index in [0.29, 0.717) is 61.3 Å². The number of aliphatic hydroxyl groups excluding tert-OH is 1. The molecule has 3 heterocycles. The summed E-state index contributed by atoms with van der Waals surface area (Å²) >= 11 is 0. The molecule has 2 N–H and O–H groups in total. The van der Waals surface area contributed by atoms with Gasteiger partial charge >= 0.3 is 5.97 Å². The summed E-state index contributed by atoms with van der Waals surface area (Å²) in [5.41, 5.74) is 3.27. The number of benzene rings is 2. The molecule has 250 valence electrons. The molecular weight excluding hydrogens is 598 g/mol. The van der Waals surface area contributed by atoms with Gasteiger partial charge in [0.05, 0.1) is 49.0 Å². The monoisotopic (exact) mass is 643 g/mol. The Labute approximate surface area is 275 Å². The van der Waals surface area contributed by atoms with Crippen molar-refractivity contribution >= 4 is 23.4 Å². The average Bonchev–Trinajstić information content (AvgIpc) is 3.73. The second-order valence-electron chi connectivity index (χ2n) is 13.1. The molecule has 4 aliphatic rings. The Bertz CT molecular complexity index is 1770. The fourth-order valence-corrected chi connectivity index (χ4v) is 7.36. The number of ketones is 1. The summed E-state index contributed by atoms with van der Waals surface area (Å²) in [5, 5.41) is 24.3. The van der Waals surface area contributed by atoms with E-state index in [1.165, 1.54) is 0 Å². The van der Waals surface area contributed by atoms with Gasteiger partial charge in [-0.3, -0.25) is 9.79 Å². The van der Waals surface area contributed by atoms with Crippen LogP contribution in [0.15, 0.2) is 40.6 Å². The van der Waals surface area contributed by atoms with Crippen LogP contribution < -0.4 is 24.8 Å². The number of fused-ring (bicyclic) bond motifs is 3. The first kappa shape index (κ1) is 33.0. The average molecular weight is 644 g/mol. The second kappa shape index (κ2) is 13.6. The molecule has 9 heteroatoms. The standard InChI is InChI=1S/C38H45NO8/c1-5-7-8-9-15-38(3,43)32-20-27-34(47-32)28(21-40)36-33(35(27)44-4)26(19-31(46-36)37(42)45-6-2)23-11-13-30(41)25(18-23)22-10-12-29-24(17-22)14-16-39-29/h10,12,14,17,19,25,32,40,43H,5-9,11,13,15-16,18,20-21H2,1-4H3. The molecular formula is C38H45NO8. The van der Waals surface area contributed by atoms with Gasteiger partial charge in [-0.05, 0) is 67.7 Å². The molecule has 0 radical (unpaired) electrons. The van der Waals surface area contributed by atoms with E-state index >= 15 is 0 Å². The Balaban J connectivity index is 1.46. The molecule has 6 rings (SSSR count). The maximum Gasteiger partial charge on any atom is 0.374 e. The number of methoxy groups -OCH3 is 1. The lowest BCUT2D eigenvalue weighted by molar-refractivity contribution is -0.141. The number of nitrogens with zero attached hydrogens (tertiary/aromatic N) is 1. The van der Waals surface area contributed by atoms with Crippen molar-refractivity contribution in [2.75, 3.05) is 20.3 Å². The molecule has 1 saturated carbocycles. The summed E-state index contributed by atoms with van der Waals surface area (Å²) < 4.78 is 24.1. The molecule has 3 unspecified atom stereocenters. The summed E-state index contributed by atoms with van der Waals surface area (Å²) in [6.45, 7) is 6.06. The van der Waals surface area contributed by atoms with E-state index in [2.05, 4.69) is 24.1 Å². The van der Waals surface area contributed by atoms with Crippen LogP contribution in [0, 0.1) is 0 Å². The summed E-state index contributed by atoms with van der Waals surface area (Å²) in [5.74, 6) is 0.354. The topological polar surface area (TPSA) is 124 Å². The van der Waals surface area contributed by atoms with Crippen LogP contribution in [0.25, 0.3) is 11.6 Å². The molecule has 3 atom stereocenters. The Morgan fingerprint density at radius 1 is 1.13 bits per heavy atom. The minimum absolute atomic E-state index is 0.0155. The normalized spacial score (nSPS) is 22.4. The fraction of sp³-hybridized carbons (Fsp3) is 0.500. The van der Waals surface area contributed by atoms with Crippen LogP contribution in [0.5, 0.6) is 17.2 Å². The SMILES string of the molecule is CCCCCCC(C)(O)C1Cc2c(c(CO)c3c(c2OC)C(=C2CCC(=O)C(c4ccc5c(c4)=CCN=5)C2)C=C(C(=O)OCC)O3)O1. The smallest absolute Gasteiger partial charge is 0.374 e. The number of Topliss-reactive ketones (excluding diaryl/α,β-unsaturated/α-hetero) is 1. The quantitative estimate of drug-likeness (QED) is 0.266. The zero-order valence-corrected chi connectivity index (χ0v) is 27.8. The maximum absolute atomic E-state index is 13.4. The number of ether oxygens (including phenoxy) is 4. The number of hydrogen-bond acceptors (Lipinski definition) is 9. The first-order valence-corrected chi connectivity index (χ1v) is 16.9. The lowest BCUT2D eigenvalue weighted by Crippen LogP contribution is -2.42. The van der Waals surface area contributed by atoms with Crippen molar-refractivity contribution in [1.82, 2.24) is 0 Å². The van der Waals surface area contributed by atoms with Crippen molar-refractivity contribution in [2.24, 2.45) is 4.99 Å². The summed E-state index contributed by atoms with van der Waals surface area (Å²) in [6.07, 6.45) is 9.57. The van der Waals surface area contributed by atoms with E-state index in [9.17, 15) is 19.8 Å². The van der Waals surface area contributed by atoms with Crippen LogP contribution in [0.2, 0.25) is 0 Å². The molecule has 9 nitrogen and oxygen atoms in total. The number of aliphatic hydroxyl groups is 2. The molecule has 1 fully saturated rings. The maximum atomic E-state index is 13.4.